The summed E-state index contributed by atoms with van der Waals surface area (Å²) in [6.07, 6.45) is 4.70. The number of carbonyl (C=O) groups excluding carboxylic acids is 1. The number of rotatable bonds is 12. The number of hydrogen-bond donors (Lipinski definition) is 0. The van der Waals surface area contributed by atoms with E-state index in [9.17, 15) is 4.79 Å². The Balaban J connectivity index is 2.09. The molecule has 0 bridgehead atoms. The van der Waals surface area contributed by atoms with Crippen LogP contribution >= 0.6 is 0 Å². The van der Waals surface area contributed by atoms with Gasteiger partial charge in [-0.2, -0.15) is 0 Å². The van der Waals surface area contributed by atoms with Gasteiger partial charge in [0.2, 0.25) is 0 Å². The van der Waals surface area contributed by atoms with Crippen LogP contribution in [0.3, 0.4) is 0 Å². The summed E-state index contributed by atoms with van der Waals surface area (Å²) in [5.74, 6) is 0.259. The van der Waals surface area contributed by atoms with Crippen LogP contribution in [0.15, 0.2) is 6.20 Å². The lowest BCUT2D eigenvalue weighted by Gasteiger charge is -2.04. The Morgan fingerprint density at radius 2 is 1.95 bits per heavy atom. The van der Waals surface area contributed by atoms with Gasteiger partial charge in [-0.25, -0.2) is 4.68 Å². The first-order chi connectivity index (χ1) is 9.76. The van der Waals surface area contributed by atoms with Crippen LogP contribution in [0.4, 0.5) is 0 Å². The number of ether oxygens (including phenoxy) is 2. The number of Topliss-reactive ketones (excluding diaryl/α,β-unsaturated/α-hetero) is 1. The highest BCUT2D eigenvalue weighted by Crippen LogP contribution is 2.00. The van der Waals surface area contributed by atoms with Crippen LogP contribution in [0.5, 0.6) is 0 Å². The molecule has 0 aliphatic rings. The fourth-order valence-electron chi connectivity index (χ4n) is 1.63. The second-order valence-electron chi connectivity index (χ2n) is 4.59. The van der Waals surface area contributed by atoms with Gasteiger partial charge in [-0.05, 0) is 12.8 Å². The molecule has 0 unspecified atom stereocenters. The first kappa shape index (κ1) is 16.8. The Bertz CT molecular complexity index is 379. The van der Waals surface area contributed by atoms with Crippen molar-refractivity contribution >= 4 is 5.78 Å². The van der Waals surface area contributed by atoms with Crippen LogP contribution in [0, 0.1) is 0 Å². The summed E-state index contributed by atoms with van der Waals surface area (Å²) < 4.78 is 12.5. The first-order valence-corrected chi connectivity index (χ1v) is 7.32. The second-order valence-corrected chi connectivity index (χ2v) is 4.59. The van der Waals surface area contributed by atoms with Crippen molar-refractivity contribution in [2.24, 2.45) is 0 Å². The fourth-order valence-corrected chi connectivity index (χ4v) is 1.63. The zero-order valence-corrected chi connectivity index (χ0v) is 12.5. The number of aryl methyl sites for hydroxylation is 1. The average molecular weight is 283 g/mol. The zero-order chi connectivity index (χ0) is 14.6. The van der Waals surface area contributed by atoms with Crippen molar-refractivity contribution in [2.75, 3.05) is 26.4 Å². The normalized spacial score (nSPS) is 10.9. The fraction of sp³-hybridized carbons (Fsp3) is 0.786. The molecular formula is C14H25N3O3. The molecule has 0 radical (unpaired) electrons. The molecule has 0 aliphatic carbocycles. The highest BCUT2D eigenvalue weighted by atomic mass is 16.5. The number of aromatic nitrogens is 3. The minimum Gasteiger partial charge on any atom is -0.379 e. The van der Waals surface area contributed by atoms with E-state index in [1.807, 2.05) is 13.1 Å². The molecule has 0 saturated carbocycles. The first-order valence-electron chi connectivity index (χ1n) is 7.32. The Morgan fingerprint density at radius 1 is 1.20 bits per heavy atom. The van der Waals surface area contributed by atoms with Gasteiger partial charge in [0.05, 0.1) is 32.1 Å². The molecule has 20 heavy (non-hydrogen) atoms. The van der Waals surface area contributed by atoms with E-state index in [1.165, 1.54) is 0 Å². The van der Waals surface area contributed by atoms with Gasteiger partial charge in [0.15, 0.2) is 0 Å². The monoisotopic (exact) mass is 283 g/mol. The Labute approximate surface area is 120 Å². The molecule has 0 saturated heterocycles. The van der Waals surface area contributed by atoms with Gasteiger partial charge in [0.25, 0.3) is 0 Å². The minimum absolute atomic E-state index is 0.259. The summed E-state index contributed by atoms with van der Waals surface area (Å²) >= 11 is 0. The molecule has 1 aromatic rings. The van der Waals surface area contributed by atoms with Crippen molar-refractivity contribution in [1.29, 1.82) is 0 Å². The van der Waals surface area contributed by atoms with Crippen LogP contribution in [-0.4, -0.2) is 47.2 Å². The van der Waals surface area contributed by atoms with E-state index in [2.05, 4.69) is 17.2 Å². The number of ketones is 1. The summed E-state index contributed by atoms with van der Waals surface area (Å²) in [5.41, 5.74) is 0.859. The van der Waals surface area contributed by atoms with Gasteiger partial charge in [-0.15, -0.1) is 5.10 Å². The number of carbonyl (C=O) groups is 1. The van der Waals surface area contributed by atoms with E-state index in [0.717, 1.165) is 18.7 Å². The van der Waals surface area contributed by atoms with Crippen LogP contribution < -0.4 is 0 Å². The third kappa shape index (κ3) is 7.35. The van der Waals surface area contributed by atoms with Crippen molar-refractivity contribution in [3.8, 4) is 0 Å². The largest absolute Gasteiger partial charge is 0.379 e. The third-order valence-electron chi connectivity index (χ3n) is 2.83. The standard InChI is InChI=1S/C14H25N3O3/c1-3-8-19-10-11-20-9-7-17-12-13(15-16-17)5-6-14(18)4-2/h12H,3-11H2,1-2H3. The minimum atomic E-state index is 0.259. The van der Waals surface area contributed by atoms with Gasteiger partial charge < -0.3 is 9.47 Å². The molecule has 0 N–H and O–H groups in total. The number of nitrogens with zero attached hydrogens (tertiary/aromatic N) is 3. The van der Waals surface area contributed by atoms with E-state index < -0.39 is 0 Å². The highest BCUT2D eigenvalue weighted by Gasteiger charge is 2.04. The maximum absolute atomic E-state index is 11.2. The molecule has 0 aliphatic heterocycles. The molecular weight excluding hydrogens is 258 g/mol. The molecule has 1 aromatic heterocycles. The van der Waals surface area contributed by atoms with E-state index in [1.54, 1.807) is 4.68 Å². The van der Waals surface area contributed by atoms with Crippen molar-refractivity contribution in [3.05, 3.63) is 11.9 Å². The van der Waals surface area contributed by atoms with Crippen LogP contribution in [0.1, 0.15) is 38.8 Å². The van der Waals surface area contributed by atoms with E-state index in [-0.39, 0.29) is 5.78 Å². The van der Waals surface area contributed by atoms with Gasteiger partial charge in [0, 0.05) is 25.6 Å². The van der Waals surface area contributed by atoms with Crippen LogP contribution in [0.2, 0.25) is 0 Å². The second kappa shape index (κ2) is 10.5. The Hall–Kier alpha value is -1.27. The van der Waals surface area contributed by atoms with E-state index in [0.29, 0.717) is 45.6 Å². The van der Waals surface area contributed by atoms with Gasteiger partial charge >= 0.3 is 0 Å². The molecule has 6 heteroatoms. The maximum atomic E-state index is 11.2. The quantitative estimate of drug-likeness (QED) is 0.545. The molecule has 1 heterocycles. The van der Waals surface area contributed by atoms with Crippen molar-refractivity contribution in [2.45, 2.75) is 46.1 Å². The highest BCUT2D eigenvalue weighted by molar-refractivity contribution is 5.78. The van der Waals surface area contributed by atoms with Gasteiger partial charge in [-0.3, -0.25) is 4.79 Å². The van der Waals surface area contributed by atoms with Crippen molar-refractivity contribution in [3.63, 3.8) is 0 Å². The molecule has 1 rings (SSSR count). The molecule has 0 atom stereocenters. The maximum Gasteiger partial charge on any atom is 0.133 e. The smallest absolute Gasteiger partial charge is 0.133 e. The van der Waals surface area contributed by atoms with Gasteiger partial charge in [0.1, 0.15) is 5.78 Å². The SMILES string of the molecule is CCCOCCOCCn1cc(CCC(=O)CC)nn1. The molecule has 0 aromatic carbocycles. The predicted octanol–water partition coefficient (Wildman–Crippen LogP) is 1.63. The topological polar surface area (TPSA) is 66.2 Å². The molecule has 6 nitrogen and oxygen atoms in total. The Morgan fingerprint density at radius 3 is 2.65 bits per heavy atom. The molecule has 0 amide bonds. The number of hydrogen-bond acceptors (Lipinski definition) is 5. The zero-order valence-electron chi connectivity index (χ0n) is 12.5. The average Bonchev–Trinajstić information content (AvgIpc) is 2.91. The predicted molar refractivity (Wildman–Crippen MR) is 75.6 cm³/mol. The third-order valence-corrected chi connectivity index (χ3v) is 2.83. The molecule has 114 valence electrons. The summed E-state index contributed by atoms with van der Waals surface area (Å²) in [6, 6.07) is 0. The summed E-state index contributed by atoms with van der Waals surface area (Å²) in [6.45, 7) is 7.24. The van der Waals surface area contributed by atoms with Crippen molar-refractivity contribution in [1.82, 2.24) is 15.0 Å². The van der Waals surface area contributed by atoms with Crippen LogP contribution in [0.25, 0.3) is 0 Å². The summed E-state index contributed by atoms with van der Waals surface area (Å²) in [7, 11) is 0. The van der Waals surface area contributed by atoms with Crippen LogP contribution in [-0.2, 0) is 27.2 Å². The molecule has 0 spiro atoms. The lowest BCUT2D eigenvalue weighted by Crippen LogP contribution is -2.10. The lowest BCUT2D eigenvalue weighted by atomic mass is 10.1. The Kier molecular flexibility index (Phi) is 8.82. The van der Waals surface area contributed by atoms with Gasteiger partial charge in [-0.1, -0.05) is 19.1 Å². The van der Waals surface area contributed by atoms with E-state index >= 15 is 0 Å². The lowest BCUT2D eigenvalue weighted by molar-refractivity contribution is -0.118. The van der Waals surface area contributed by atoms with Crippen molar-refractivity contribution < 1.29 is 14.3 Å². The summed E-state index contributed by atoms with van der Waals surface area (Å²) in [4.78, 5) is 11.2. The van der Waals surface area contributed by atoms with E-state index in [4.69, 9.17) is 9.47 Å². The summed E-state index contributed by atoms with van der Waals surface area (Å²) in [5, 5.41) is 8.05. The molecule has 0 fully saturated rings.